The first kappa shape index (κ1) is 9.90. The first-order valence-corrected chi connectivity index (χ1v) is 4.36. The number of rotatable bonds is 2. The van der Waals surface area contributed by atoms with Gasteiger partial charge in [-0.05, 0) is 37.1 Å². The van der Waals surface area contributed by atoms with E-state index in [1.165, 1.54) is 12.1 Å². The number of hydrogen-bond acceptors (Lipinski definition) is 1. The molecule has 0 unspecified atom stereocenters. The molecule has 0 saturated heterocycles. The smallest absolute Gasteiger partial charge is 0.163 e. The predicted molar refractivity (Wildman–Crippen MR) is 50.5 cm³/mol. The van der Waals surface area contributed by atoms with Crippen molar-refractivity contribution >= 4 is 5.78 Å². The molecule has 0 aliphatic carbocycles. The van der Waals surface area contributed by atoms with Crippen LogP contribution in [0.1, 0.15) is 34.8 Å². The minimum atomic E-state index is -0.275. The fourth-order valence-electron chi connectivity index (χ4n) is 1.53. The van der Waals surface area contributed by atoms with Gasteiger partial charge in [0.25, 0.3) is 0 Å². The zero-order valence-electron chi connectivity index (χ0n) is 8.15. The Bertz CT molecular complexity index is 319. The highest BCUT2D eigenvalue weighted by Crippen LogP contribution is 2.17. The molecule has 0 bridgehead atoms. The summed E-state index contributed by atoms with van der Waals surface area (Å²) in [6.45, 7) is 5.34. The molecule has 0 aliphatic rings. The molecule has 1 aromatic carbocycles. The Morgan fingerprint density at radius 3 is 2.15 bits per heavy atom. The van der Waals surface area contributed by atoms with Gasteiger partial charge in [-0.3, -0.25) is 4.79 Å². The number of hydrogen-bond donors (Lipinski definition) is 0. The number of halogens is 1. The number of carbonyl (C=O) groups excluding carboxylic acids is 1. The van der Waals surface area contributed by atoms with Crippen LogP contribution in [0.4, 0.5) is 4.39 Å². The van der Waals surface area contributed by atoms with Crippen molar-refractivity contribution in [3.8, 4) is 0 Å². The largest absolute Gasteiger partial charge is 0.294 e. The molecular formula is C11H13FO. The van der Waals surface area contributed by atoms with Crippen molar-refractivity contribution in [2.75, 3.05) is 0 Å². The van der Waals surface area contributed by atoms with Crippen LogP contribution >= 0.6 is 0 Å². The Morgan fingerprint density at radius 1 is 1.31 bits per heavy atom. The predicted octanol–water partition coefficient (Wildman–Crippen LogP) is 3.04. The van der Waals surface area contributed by atoms with Crippen LogP contribution < -0.4 is 0 Å². The standard InChI is InChI=1S/C11H13FO/c1-4-10(13)11-7(2)5-9(12)6-8(11)3/h5-6H,4H2,1-3H3. The van der Waals surface area contributed by atoms with Crippen molar-refractivity contribution in [3.63, 3.8) is 0 Å². The van der Waals surface area contributed by atoms with E-state index in [-0.39, 0.29) is 11.6 Å². The average molecular weight is 180 g/mol. The topological polar surface area (TPSA) is 17.1 Å². The van der Waals surface area contributed by atoms with Gasteiger partial charge in [0, 0.05) is 12.0 Å². The van der Waals surface area contributed by atoms with Crippen molar-refractivity contribution in [2.45, 2.75) is 27.2 Å². The van der Waals surface area contributed by atoms with Gasteiger partial charge in [0.05, 0.1) is 0 Å². The van der Waals surface area contributed by atoms with Crippen LogP contribution in [0, 0.1) is 19.7 Å². The summed E-state index contributed by atoms with van der Waals surface area (Å²) >= 11 is 0. The molecule has 0 aromatic heterocycles. The SMILES string of the molecule is CCC(=O)c1c(C)cc(F)cc1C. The van der Waals surface area contributed by atoms with Gasteiger partial charge in [-0.25, -0.2) is 4.39 Å². The van der Waals surface area contributed by atoms with E-state index in [4.69, 9.17) is 0 Å². The quantitative estimate of drug-likeness (QED) is 0.639. The maximum absolute atomic E-state index is 12.9. The van der Waals surface area contributed by atoms with Gasteiger partial charge >= 0.3 is 0 Å². The molecule has 1 nitrogen and oxygen atoms in total. The van der Waals surface area contributed by atoms with Crippen molar-refractivity contribution in [3.05, 3.63) is 34.6 Å². The molecule has 70 valence electrons. The third-order valence-corrected chi connectivity index (χ3v) is 2.10. The molecule has 0 N–H and O–H groups in total. The molecular weight excluding hydrogens is 167 g/mol. The number of Topliss-reactive ketones (excluding diaryl/α,β-unsaturated/α-hetero) is 1. The fourth-order valence-corrected chi connectivity index (χ4v) is 1.53. The lowest BCUT2D eigenvalue weighted by Gasteiger charge is -2.07. The molecule has 1 rings (SSSR count). The van der Waals surface area contributed by atoms with E-state index >= 15 is 0 Å². The van der Waals surface area contributed by atoms with Crippen LogP contribution in [0.3, 0.4) is 0 Å². The number of ketones is 1. The van der Waals surface area contributed by atoms with E-state index in [2.05, 4.69) is 0 Å². The fraction of sp³-hybridized carbons (Fsp3) is 0.364. The number of aryl methyl sites for hydroxylation is 2. The molecule has 0 aliphatic heterocycles. The molecule has 2 heteroatoms. The van der Waals surface area contributed by atoms with Crippen LogP contribution in [0.25, 0.3) is 0 Å². The zero-order valence-corrected chi connectivity index (χ0v) is 8.15. The Labute approximate surface area is 77.6 Å². The molecule has 13 heavy (non-hydrogen) atoms. The van der Waals surface area contributed by atoms with Gasteiger partial charge in [0.2, 0.25) is 0 Å². The normalized spacial score (nSPS) is 10.2. The second-order valence-corrected chi connectivity index (χ2v) is 3.19. The van der Waals surface area contributed by atoms with Gasteiger partial charge in [-0.15, -0.1) is 0 Å². The summed E-state index contributed by atoms with van der Waals surface area (Å²) in [6, 6.07) is 2.80. The highest BCUT2D eigenvalue weighted by Gasteiger charge is 2.11. The molecule has 0 amide bonds. The summed E-state index contributed by atoms with van der Waals surface area (Å²) in [4.78, 5) is 11.4. The van der Waals surface area contributed by atoms with E-state index in [0.29, 0.717) is 12.0 Å². The van der Waals surface area contributed by atoms with Gasteiger partial charge in [0.15, 0.2) is 5.78 Å². The molecule has 0 saturated carbocycles. The Kier molecular flexibility index (Phi) is 2.81. The van der Waals surface area contributed by atoms with Crippen LogP contribution in [0.15, 0.2) is 12.1 Å². The van der Waals surface area contributed by atoms with Crippen molar-refractivity contribution in [2.24, 2.45) is 0 Å². The summed E-state index contributed by atoms with van der Waals surface area (Å²) in [5, 5.41) is 0. The molecule has 0 heterocycles. The van der Waals surface area contributed by atoms with Crippen molar-refractivity contribution in [1.29, 1.82) is 0 Å². The first-order valence-electron chi connectivity index (χ1n) is 4.36. The van der Waals surface area contributed by atoms with Crippen LogP contribution in [-0.2, 0) is 0 Å². The van der Waals surface area contributed by atoms with Gasteiger partial charge in [0.1, 0.15) is 5.82 Å². The van der Waals surface area contributed by atoms with E-state index in [9.17, 15) is 9.18 Å². The molecule has 0 spiro atoms. The second-order valence-electron chi connectivity index (χ2n) is 3.19. The monoisotopic (exact) mass is 180 g/mol. The average Bonchev–Trinajstić information content (AvgIpc) is 2.02. The molecule has 0 radical (unpaired) electrons. The van der Waals surface area contributed by atoms with Crippen LogP contribution in [0.2, 0.25) is 0 Å². The molecule has 1 aromatic rings. The second kappa shape index (κ2) is 3.69. The lowest BCUT2D eigenvalue weighted by Crippen LogP contribution is -2.03. The lowest BCUT2D eigenvalue weighted by molar-refractivity contribution is 0.0987. The summed E-state index contributed by atoms with van der Waals surface area (Å²) < 4.78 is 12.9. The third kappa shape index (κ3) is 1.94. The van der Waals surface area contributed by atoms with Crippen molar-refractivity contribution < 1.29 is 9.18 Å². The minimum absolute atomic E-state index is 0.0787. The number of benzene rings is 1. The first-order chi connectivity index (χ1) is 6.06. The van der Waals surface area contributed by atoms with Gasteiger partial charge in [-0.2, -0.15) is 0 Å². The maximum Gasteiger partial charge on any atom is 0.163 e. The van der Waals surface area contributed by atoms with Crippen LogP contribution in [0.5, 0.6) is 0 Å². The summed E-state index contributed by atoms with van der Waals surface area (Å²) in [5.74, 6) is -0.197. The van der Waals surface area contributed by atoms with E-state index in [0.717, 1.165) is 11.1 Å². The number of carbonyl (C=O) groups is 1. The molecule has 0 atom stereocenters. The highest BCUT2D eigenvalue weighted by molar-refractivity contribution is 5.98. The maximum atomic E-state index is 12.9. The highest BCUT2D eigenvalue weighted by atomic mass is 19.1. The Hall–Kier alpha value is -1.18. The third-order valence-electron chi connectivity index (χ3n) is 2.10. The van der Waals surface area contributed by atoms with Gasteiger partial charge < -0.3 is 0 Å². The minimum Gasteiger partial charge on any atom is -0.294 e. The van der Waals surface area contributed by atoms with E-state index < -0.39 is 0 Å². The Morgan fingerprint density at radius 2 is 1.77 bits per heavy atom. The van der Waals surface area contributed by atoms with Gasteiger partial charge in [-0.1, -0.05) is 6.92 Å². The summed E-state index contributed by atoms with van der Waals surface area (Å²) in [5.41, 5.74) is 2.12. The zero-order chi connectivity index (χ0) is 10.0. The van der Waals surface area contributed by atoms with Crippen LogP contribution in [-0.4, -0.2) is 5.78 Å². The lowest BCUT2D eigenvalue weighted by atomic mass is 9.98. The Balaban J connectivity index is 3.28. The summed E-state index contributed by atoms with van der Waals surface area (Å²) in [7, 11) is 0. The van der Waals surface area contributed by atoms with E-state index in [1.807, 2.05) is 6.92 Å². The summed E-state index contributed by atoms with van der Waals surface area (Å²) in [6.07, 6.45) is 0.466. The van der Waals surface area contributed by atoms with Crippen molar-refractivity contribution in [1.82, 2.24) is 0 Å². The molecule has 0 fully saturated rings. The van der Waals surface area contributed by atoms with E-state index in [1.54, 1.807) is 13.8 Å².